The lowest BCUT2D eigenvalue weighted by Crippen LogP contribution is -1.98. The molecule has 0 amide bonds. The van der Waals surface area contributed by atoms with E-state index in [4.69, 9.17) is 4.42 Å². The lowest BCUT2D eigenvalue weighted by Gasteiger charge is -2.00. The van der Waals surface area contributed by atoms with Crippen molar-refractivity contribution in [3.63, 3.8) is 0 Å². The van der Waals surface area contributed by atoms with Crippen molar-refractivity contribution in [3.05, 3.63) is 48.0 Å². The molecule has 0 aromatic carbocycles. The lowest BCUT2D eigenvalue weighted by atomic mass is 10.2. The third-order valence-electron chi connectivity index (χ3n) is 2.81. The van der Waals surface area contributed by atoms with Crippen molar-refractivity contribution in [2.24, 2.45) is 0 Å². The molecule has 0 aliphatic rings. The van der Waals surface area contributed by atoms with Crippen LogP contribution in [0, 0.1) is 6.92 Å². The van der Waals surface area contributed by atoms with Crippen molar-refractivity contribution < 1.29 is 14.3 Å². The minimum atomic E-state index is -1.04. The molecule has 0 unspecified atom stereocenters. The first-order chi connectivity index (χ1) is 8.68. The average Bonchev–Trinajstić information content (AvgIpc) is 2.95. The molecule has 18 heavy (non-hydrogen) atoms. The van der Waals surface area contributed by atoms with Gasteiger partial charge in [-0.25, -0.2) is 9.78 Å². The van der Waals surface area contributed by atoms with Crippen LogP contribution in [0.15, 0.2) is 41.1 Å². The highest BCUT2D eigenvalue weighted by Crippen LogP contribution is 2.25. The molecule has 0 bridgehead atoms. The highest BCUT2D eigenvalue weighted by Gasteiger charge is 2.20. The van der Waals surface area contributed by atoms with Gasteiger partial charge in [-0.1, -0.05) is 6.07 Å². The van der Waals surface area contributed by atoms with Gasteiger partial charge in [0.05, 0.1) is 11.8 Å². The van der Waals surface area contributed by atoms with E-state index in [1.807, 2.05) is 19.1 Å². The van der Waals surface area contributed by atoms with Crippen molar-refractivity contribution in [1.82, 2.24) is 9.38 Å². The molecular formula is C13H10N2O3. The molecular weight excluding hydrogens is 232 g/mol. The maximum atomic E-state index is 11.2. The van der Waals surface area contributed by atoms with Crippen LogP contribution in [-0.4, -0.2) is 20.5 Å². The second-order valence-corrected chi connectivity index (χ2v) is 3.98. The number of aromatic nitrogens is 2. The summed E-state index contributed by atoms with van der Waals surface area (Å²) in [6, 6.07) is 7.20. The Labute approximate surface area is 102 Å². The molecule has 0 saturated heterocycles. The molecule has 90 valence electrons. The molecule has 0 aliphatic carbocycles. The molecule has 3 aromatic rings. The predicted octanol–water partition coefficient (Wildman–Crippen LogP) is 2.60. The third kappa shape index (κ3) is 1.41. The van der Waals surface area contributed by atoms with Gasteiger partial charge in [-0.3, -0.25) is 4.40 Å². The first-order valence-corrected chi connectivity index (χ1v) is 5.43. The number of pyridine rings is 1. The van der Waals surface area contributed by atoms with Gasteiger partial charge in [0.15, 0.2) is 17.3 Å². The summed E-state index contributed by atoms with van der Waals surface area (Å²) >= 11 is 0. The minimum Gasteiger partial charge on any atom is -0.476 e. The number of nitrogens with zero attached hydrogens (tertiary/aromatic N) is 2. The molecule has 3 aromatic heterocycles. The summed E-state index contributed by atoms with van der Waals surface area (Å²) in [5, 5.41) is 9.21. The number of rotatable bonds is 2. The van der Waals surface area contributed by atoms with Gasteiger partial charge < -0.3 is 9.52 Å². The standard InChI is InChI=1S/C13H10N2O3/c1-8-4-2-6-15-11(8)10(13(16)17)14-12(15)9-5-3-7-18-9/h2-7H,1H3,(H,16,17). The summed E-state index contributed by atoms with van der Waals surface area (Å²) in [6.07, 6.45) is 3.31. The second-order valence-electron chi connectivity index (χ2n) is 3.98. The smallest absolute Gasteiger partial charge is 0.356 e. The van der Waals surface area contributed by atoms with Gasteiger partial charge in [0.2, 0.25) is 0 Å². The van der Waals surface area contributed by atoms with Gasteiger partial charge in [0.25, 0.3) is 0 Å². The summed E-state index contributed by atoms with van der Waals surface area (Å²) in [6.45, 7) is 1.86. The molecule has 3 rings (SSSR count). The number of furan rings is 1. The number of carbonyl (C=O) groups is 1. The molecule has 5 heteroatoms. The van der Waals surface area contributed by atoms with E-state index in [1.165, 1.54) is 6.26 Å². The number of hydrogen-bond donors (Lipinski definition) is 1. The highest BCUT2D eigenvalue weighted by atomic mass is 16.4. The fourth-order valence-corrected chi connectivity index (χ4v) is 2.04. The van der Waals surface area contributed by atoms with E-state index in [0.717, 1.165) is 5.56 Å². The number of aromatic carboxylic acids is 1. The van der Waals surface area contributed by atoms with Crippen LogP contribution in [0.3, 0.4) is 0 Å². The molecule has 0 aliphatic heterocycles. The Morgan fingerprint density at radius 3 is 2.89 bits per heavy atom. The Bertz CT molecular complexity index is 726. The van der Waals surface area contributed by atoms with Crippen molar-refractivity contribution >= 4 is 11.5 Å². The quantitative estimate of drug-likeness (QED) is 0.750. The number of fused-ring (bicyclic) bond motifs is 1. The fourth-order valence-electron chi connectivity index (χ4n) is 2.04. The summed E-state index contributed by atoms with van der Waals surface area (Å²) < 4.78 is 7.02. The Balaban J connectivity index is 2.41. The first kappa shape index (κ1) is 10.6. The van der Waals surface area contributed by atoms with Gasteiger partial charge in [-0.2, -0.15) is 0 Å². The Hall–Kier alpha value is -2.56. The zero-order valence-corrected chi connectivity index (χ0v) is 9.62. The normalized spacial score (nSPS) is 10.9. The number of aryl methyl sites for hydroxylation is 1. The Morgan fingerprint density at radius 1 is 1.39 bits per heavy atom. The molecule has 0 saturated carbocycles. The van der Waals surface area contributed by atoms with E-state index in [-0.39, 0.29) is 5.69 Å². The van der Waals surface area contributed by atoms with Crippen LogP contribution in [0.5, 0.6) is 0 Å². The van der Waals surface area contributed by atoms with Gasteiger partial charge in [-0.05, 0) is 30.7 Å². The monoisotopic (exact) mass is 242 g/mol. The number of carboxylic acid groups (broad SMARTS) is 1. The van der Waals surface area contributed by atoms with Gasteiger partial charge in [0.1, 0.15) is 0 Å². The maximum absolute atomic E-state index is 11.2. The molecule has 0 atom stereocenters. The first-order valence-electron chi connectivity index (χ1n) is 5.43. The minimum absolute atomic E-state index is 0.0412. The molecule has 3 heterocycles. The van der Waals surface area contributed by atoms with Crippen LogP contribution in [0.2, 0.25) is 0 Å². The summed E-state index contributed by atoms with van der Waals surface area (Å²) in [5.74, 6) is -0.00111. The zero-order chi connectivity index (χ0) is 12.7. The van der Waals surface area contributed by atoms with Crippen LogP contribution in [-0.2, 0) is 0 Å². The lowest BCUT2D eigenvalue weighted by molar-refractivity contribution is 0.0693. The van der Waals surface area contributed by atoms with E-state index in [1.54, 1.807) is 22.7 Å². The number of carboxylic acids is 1. The van der Waals surface area contributed by atoms with E-state index < -0.39 is 5.97 Å². The molecule has 0 spiro atoms. The zero-order valence-electron chi connectivity index (χ0n) is 9.62. The van der Waals surface area contributed by atoms with Crippen LogP contribution in [0.25, 0.3) is 17.1 Å². The third-order valence-corrected chi connectivity index (χ3v) is 2.81. The summed E-state index contributed by atoms with van der Waals surface area (Å²) in [4.78, 5) is 15.4. The van der Waals surface area contributed by atoms with E-state index in [9.17, 15) is 9.90 Å². The fraction of sp³-hybridized carbons (Fsp3) is 0.0769. The molecule has 1 N–H and O–H groups in total. The number of imidazole rings is 1. The van der Waals surface area contributed by atoms with Gasteiger partial charge in [-0.15, -0.1) is 0 Å². The Kier molecular flexibility index (Phi) is 2.19. The molecule has 5 nitrogen and oxygen atoms in total. The topological polar surface area (TPSA) is 67.7 Å². The van der Waals surface area contributed by atoms with Gasteiger partial charge in [0, 0.05) is 6.20 Å². The summed E-state index contributed by atoms with van der Waals surface area (Å²) in [5.41, 5.74) is 1.50. The van der Waals surface area contributed by atoms with Crippen LogP contribution < -0.4 is 0 Å². The SMILES string of the molecule is Cc1cccn2c(-c3ccco3)nc(C(=O)O)c12. The van der Waals surface area contributed by atoms with E-state index >= 15 is 0 Å². The van der Waals surface area contributed by atoms with E-state index in [0.29, 0.717) is 17.1 Å². The van der Waals surface area contributed by atoms with Crippen molar-refractivity contribution in [1.29, 1.82) is 0 Å². The van der Waals surface area contributed by atoms with Crippen LogP contribution >= 0.6 is 0 Å². The van der Waals surface area contributed by atoms with Gasteiger partial charge >= 0.3 is 5.97 Å². The largest absolute Gasteiger partial charge is 0.476 e. The molecule has 0 fully saturated rings. The van der Waals surface area contributed by atoms with Crippen molar-refractivity contribution in [3.8, 4) is 11.6 Å². The van der Waals surface area contributed by atoms with Crippen LogP contribution in [0.4, 0.5) is 0 Å². The number of hydrogen-bond acceptors (Lipinski definition) is 3. The summed E-state index contributed by atoms with van der Waals surface area (Å²) in [7, 11) is 0. The molecule has 0 radical (unpaired) electrons. The van der Waals surface area contributed by atoms with Crippen LogP contribution in [0.1, 0.15) is 16.1 Å². The highest BCUT2D eigenvalue weighted by molar-refractivity contribution is 5.95. The predicted molar refractivity (Wildman–Crippen MR) is 64.6 cm³/mol. The average molecular weight is 242 g/mol. The second kappa shape index (κ2) is 3.73. The van der Waals surface area contributed by atoms with Crippen molar-refractivity contribution in [2.75, 3.05) is 0 Å². The Morgan fingerprint density at radius 2 is 2.22 bits per heavy atom. The van der Waals surface area contributed by atoms with Crippen molar-refractivity contribution in [2.45, 2.75) is 6.92 Å². The van der Waals surface area contributed by atoms with E-state index in [2.05, 4.69) is 4.98 Å². The maximum Gasteiger partial charge on any atom is 0.356 e.